The van der Waals surface area contributed by atoms with E-state index >= 15 is 0 Å². The summed E-state index contributed by atoms with van der Waals surface area (Å²) in [5, 5.41) is 2.63. The van der Waals surface area contributed by atoms with Crippen LogP contribution in [0.4, 0.5) is 5.69 Å². The number of amides is 3. The van der Waals surface area contributed by atoms with Crippen LogP contribution in [-0.4, -0.2) is 29.7 Å². The van der Waals surface area contributed by atoms with Crippen LogP contribution >= 0.6 is 34.5 Å². The maximum atomic E-state index is 12.1. The van der Waals surface area contributed by atoms with Gasteiger partial charge in [0.25, 0.3) is 17.7 Å². The van der Waals surface area contributed by atoms with E-state index in [1.165, 1.54) is 25.2 Å². The molecular formula is C14H8Cl2N2O3S. The highest BCUT2D eigenvalue weighted by atomic mass is 35.5. The Balaban J connectivity index is 1.89. The number of nitrogens with zero attached hydrogens (tertiary/aromatic N) is 1. The molecule has 5 nitrogen and oxygen atoms in total. The highest BCUT2D eigenvalue weighted by molar-refractivity contribution is 7.20. The fraction of sp³-hybridized carbons (Fsp3) is 0.0714. The number of anilines is 1. The molecule has 1 aromatic heterocycles. The maximum absolute atomic E-state index is 12.1. The average Bonchev–Trinajstić information content (AvgIpc) is 2.92. The molecule has 8 heteroatoms. The lowest BCUT2D eigenvalue weighted by Gasteiger charge is -2.05. The lowest BCUT2D eigenvalue weighted by Crippen LogP contribution is -2.24. The van der Waals surface area contributed by atoms with Crippen LogP contribution in [0.3, 0.4) is 0 Å². The van der Waals surface area contributed by atoms with Gasteiger partial charge in [0.2, 0.25) is 0 Å². The second-order valence-electron chi connectivity index (χ2n) is 4.62. The predicted octanol–water partition coefficient (Wildman–Crippen LogP) is 3.53. The van der Waals surface area contributed by atoms with E-state index in [2.05, 4.69) is 5.32 Å². The van der Waals surface area contributed by atoms with Gasteiger partial charge in [-0.2, -0.15) is 0 Å². The van der Waals surface area contributed by atoms with Crippen molar-refractivity contribution in [1.29, 1.82) is 0 Å². The molecule has 0 unspecified atom stereocenters. The summed E-state index contributed by atoms with van der Waals surface area (Å²) >= 11 is 12.8. The van der Waals surface area contributed by atoms with Crippen molar-refractivity contribution in [3.8, 4) is 0 Å². The van der Waals surface area contributed by atoms with Gasteiger partial charge in [0.15, 0.2) is 0 Å². The fourth-order valence-electron chi connectivity index (χ4n) is 2.13. The summed E-state index contributed by atoms with van der Waals surface area (Å²) in [6, 6.07) is 6.01. The predicted molar refractivity (Wildman–Crippen MR) is 85.2 cm³/mol. The largest absolute Gasteiger partial charge is 0.322 e. The van der Waals surface area contributed by atoms with Crippen molar-refractivity contribution < 1.29 is 14.4 Å². The molecule has 0 saturated carbocycles. The van der Waals surface area contributed by atoms with Crippen LogP contribution in [0.15, 0.2) is 24.3 Å². The standard InChI is InChI=1S/C14H8Cl2N2O3S/c1-18-13(20)7-3-2-6(4-8(7)14(18)21)17-12(19)9-5-10(15)22-11(9)16/h2-5H,1H3,(H,17,19). The summed E-state index contributed by atoms with van der Waals surface area (Å²) in [4.78, 5) is 36.9. The third kappa shape index (κ3) is 2.39. The highest BCUT2D eigenvalue weighted by Crippen LogP contribution is 2.32. The molecule has 0 atom stereocenters. The summed E-state index contributed by atoms with van der Waals surface area (Å²) in [5.41, 5.74) is 1.25. The molecule has 1 N–H and O–H groups in total. The molecule has 0 bridgehead atoms. The van der Waals surface area contributed by atoms with Crippen molar-refractivity contribution in [2.24, 2.45) is 0 Å². The lowest BCUT2D eigenvalue weighted by atomic mass is 10.1. The van der Waals surface area contributed by atoms with E-state index in [4.69, 9.17) is 23.2 Å². The number of benzene rings is 1. The lowest BCUT2D eigenvalue weighted by molar-refractivity contribution is 0.0692. The molecule has 2 heterocycles. The van der Waals surface area contributed by atoms with Gasteiger partial charge in [0.1, 0.15) is 4.34 Å². The zero-order chi connectivity index (χ0) is 16.0. The molecule has 0 fully saturated rings. The Morgan fingerprint density at radius 2 is 1.82 bits per heavy atom. The topological polar surface area (TPSA) is 66.5 Å². The molecule has 1 aromatic carbocycles. The van der Waals surface area contributed by atoms with Gasteiger partial charge in [-0.15, -0.1) is 11.3 Å². The number of rotatable bonds is 2. The summed E-state index contributed by atoms with van der Waals surface area (Å²) < 4.78 is 0.696. The quantitative estimate of drug-likeness (QED) is 0.838. The summed E-state index contributed by atoms with van der Waals surface area (Å²) in [6.45, 7) is 0. The molecular weight excluding hydrogens is 347 g/mol. The van der Waals surface area contributed by atoms with Crippen molar-refractivity contribution in [2.75, 3.05) is 12.4 Å². The first-order valence-corrected chi connectivity index (χ1v) is 7.68. The van der Waals surface area contributed by atoms with Crippen LogP contribution in [-0.2, 0) is 0 Å². The first kappa shape index (κ1) is 15.0. The van der Waals surface area contributed by atoms with E-state index in [1.807, 2.05) is 0 Å². The zero-order valence-electron chi connectivity index (χ0n) is 11.1. The van der Waals surface area contributed by atoms with Crippen LogP contribution in [0.25, 0.3) is 0 Å². The van der Waals surface area contributed by atoms with Crippen LogP contribution in [0.5, 0.6) is 0 Å². The van der Waals surface area contributed by atoms with Crippen molar-refractivity contribution in [2.45, 2.75) is 0 Å². The minimum absolute atomic E-state index is 0.261. The number of hydrogen-bond acceptors (Lipinski definition) is 4. The molecule has 0 saturated heterocycles. The minimum Gasteiger partial charge on any atom is -0.322 e. The van der Waals surface area contributed by atoms with E-state index < -0.39 is 11.8 Å². The van der Waals surface area contributed by atoms with Crippen LogP contribution in [0.2, 0.25) is 8.67 Å². The van der Waals surface area contributed by atoms with Crippen molar-refractivity contribution >= 4 is 57.9 Å². The Labute approximate surface area is 139 Å². The number of fused-ring (bicyclic) bond motifs is 1. The molecule has 2 aromatic rings. The second-order valence-corrected chi connectivity index (χ2v) is 6.91. The fourth-order valence-corrected chi connectivity index (χ4v) is 3.59. The average molecular weight is 355 g/mol. The smallest absolute Gasteiger partial charge is 0.261 e. The third-order valence-electron chi connectivity index (χ3n) is 3.25. The third-order valence-corrected chi connectivity index (χ3v) is 4.74. The SMILES string of the molecule is CN1C(=O)c2ccc(NC(=O)c3cc(Cl)sc3Cl)cc2C1=O. The van der Waals surface area contributed by atoms with Gasteiger partial charge in [0, 0.05) is 12.7 Å². The van der Waals surface area contributed by atoms with Gasteiger partial charge in [0.05, 0.1) is 21.0 Å². The molecule has 1 aliphatic heterocycles. The molecule has 1 aliphatic rings. The normalized spacial score (nSPS) is 13.5. The van der Waals surface area contributed by atoms with E-state index in [1.54, 1.807) is 6.07 Å². The van der Waals surface area contributed by atoms with Gasteiger partial charge >= 0.3 is 0 Å². The van der Waals surface area contributed by atoms with Crippen LogP contribution in [0.1, 0.15) is 31.1 Å². The summed E-state index contributed by atoms with van der Waals surface area (Å²) in [7, 11) is 1.41. The molecule has 0 radical (unpaired) electrons. The molecule has 0 aliphatic carbocycles. The van der Waals surface area contributed by atoms with Gasteiger partial charge in [-0.25, -0.2) is 0 Å². The minimum atomic E-state index is -0.432. The Morgan fingerprint density at radius 3 is 2.45 bits per heavy atom. The maximum Gasteiger partial charge on any atom is 0.261 e. The summed E-state index contributed by atoms with van der Waals surface area (Å²) in [5.74, 6) is -1.18. The van der Waals surface area contributed by atoms with E-state index in [-0.39, 0.29) is 21.4 Å². The monoisotopic (exact) mass is 354 g/mol. The van der Waals surface area contributed by atoms with E-state index in [9.17, 15) is 14.4 Å². The number of thiophene rings is 1. The van der Waals surface area contributed by atoms with E-state index in [0.717, 1.165) is 16.2 Å². The van der Waals surface area contributed by atoms with Crippen molar-refractivity contribution in [3.63, 3.8) is 0 Å². The first-order valence-electron chi connectivity index (χ1n) is 6.11. The molecule has 22 heavy (non-hydrogen) atoms. The van der Waals surface area contributed by atoms with E-state index in [0.29, 0.717) is 15.6 Å². The Bertz CT molecular complexity index is 831. The zero-order valence-corrected chi connectivity index (χ0v) is 13.5. The number of hydrogen-bond donors (Lipinski definition) is 1. The van der Waals surface area contributed by atoms with Gasteiger partial charge < -0.3 is 5.32 Å². The van der Waals surface area contributed by atoms with Gasteiger partial charge in [-0.05, 0) is 24.3 Å². The number of carbonyl (C=O) groups excluding carboxylic acids is 3. The van der Waals surface area contributed by atoms with Crippen LogP contribution in [0, 0.1) is 0 Å². The highest BCUT2D eigenvalue weighted by Gasteiger charge is 2.32. The molecule has 3 amide bonds. The van der Waals surface area contributed by atoms with Crippen LogP contribution < -0.4 is 5.32 Å². The number of nitrogens with one attached hydrogen (secondary N) is 1. The molecule has 0 spiro atoms. The van der Waals surface area contributed by atoms with Crippen molar-refractivity contribution in [1.82, 2.24) is 4.90 Å². The summed E-state index contributed by atoms with van der Waals surface area (Å²) in [6.07, 6.45) is 0. The number of imide groups is 1. The Morgan fingerprint density at radius 1 is 1.14 bits per heavy atom. The van der Waals surface area contributed by atoms with Gasteiger partial charge in [-0.1, -0.05) is 23.2 Å². The Kier molecular flexibility index (Phi) is 3.68. The van der Waals surface area contributed by atoms with Gasteiger partial charge in [-0.3, -0.25) is 19.3 Å². The number of halogens is 2. The molecule has 3 rings (SSSR count). The number of carbonyl (C=O) groups is 3. The second kappa shape index (κ2) is 5.39. The first-order chi connectivity index (χ1) is 10.4. The Hall–Kier alpha value is -1.89. The van der Waals surface area contributed by atoms with Crippen molar-refractivity contribution in [3.05, 3.63) is 49.6 Å². The molecule has 112 valence electrons.